The predicted molar refractivity (Wildman–Crippen MR) is 57.0 cm³/mol. The number of hydrogen-bond donors (Lipinski definition) is 1. The van der Waals surface area contributed by atoms with Gasteiger partial charge in [-0.1, -0.05) is 13.3 Å². The molecular formula is C11H19N3. The fourth-order valence-corrected chi connectivity index (χ4v) is 2.21. The van der Waals surface area contributed by atoms with E-state index in [2.05, 4.69) is 23.4 Å². The van der Waals surface area contributed by atoms with Gasteiger partial charge in [-0.3, -0.25) is 4.68 Å². The van der Waals surface area contributed by atoms with E-state index >= 15 is 0 Å². The van der Waals surface area contributed by atoms with Gasteiger partial charge in [-0.2, -0.15) is 5.10 Å². The first kappa shape index (κ1) is 9.71. The Hall–Kier alpha value is -0.830. The summed E-state index contributed by atoms with van der Waals surface area (Å²) in [6.07, 6.45) is 5.88. The molecule has 0 saturated carbocycles. The maximum Gasteiger partial charge on any atom is 0.0793 e. The lowest BCUT2D eigenvalue weighted by Crippen LogP contribution is -2.31. The Labute approximate surface area is 85.5 Å². The van der Waals surface area contributed by atoms with Gasteiger partial charge < -0.3 is 5.32 Å². The van der Waals surface area contributed by atoms with Gasteiger partial charge >= 0.3 is 0 Å². The molecule has 3 heteroatoms. The molecular weight excluding hydrogens is 174 g/mol. The molecule has 1 N–H and O–H groups in total. The summed E-state index contributed by atoms with van der Waals surface area (Å²) >= 11 is 0. The highest BCUT2D eigenvalue weighted by molar-refractivity contribution is 5.06. The minimum atomic E-state index is 0.481. The van der Waals surface area contributed by atoms with Crippen molar-refractivity contribution in [3.05, 3.63) is 18.0 Å². The highest BCUT2D eigenvalue weighted by atomic mass is 15.3. The molecule has 1 fully saturated rings. The third-order valence-corrected chi connectivity index (χ3v) is 3.18. The second-order valence-corrected chi connectivity index (χ2v) is 4.22. The van der Waals surface area contributed by atoms with E-state index < -0.39 is 0 Å². The van der Waals surface area contributed by atoms with Crippen LogP contribution >= 0.6 is 0 Å². The van der Waals surface area contributed by atoms with Gasteiger partial charge in [0.15, 0.2) is 0 Å². The summed E-state index contributed by atoms with van der Waals surface area (Å²) < 4.78 is 1.88. The van der Waals surface area contributed by atoms with Crippen LogP contribution in [0.1, 0.15) is 37.9 Å². The van der Waals surface area contributed by atoms with E-state index in [1.165, 1.54) is 25.0 Å². The molecule has 1 aromatic heterocycles. The minimum absolute atomic E-state index is 0.481. The molecule has 1 aliphatic rings. The number of piperidine rings is 1. The van der Waals surface area contributed by atoms with Gasteiger partial charge in [-0.25, -0.2) is 0 Å². The van der Waals surface area contributed by atoms with Crippen molar-refractivity contribution in [2.24, 2.45) is 13.0 Å². The molecule has 1 aliphatic heterocycles. The Morgan fingerprint density at radius 3 is 3.14 bits per heavy atom. The van der Waals surface area contributed by atoms with Crippen molar-refractivity contribution in [3.63, 3.8) is 0 Å². The normalized spacial score (nSPS) is 27.9. The van der Waals surface area contributed by atoms with Gasteiger partial charge in [0.2, 0.25) is 0 Å². The van der Waals surface area contributed by atoms with Crippen LogP contribution in [0, 0.1) is 5.92 Å². The lowest BCUT2D eigenvalue weighted by molar-refractivity contribution is 0.294. The highest BCUT2D eigenvalue weighted by Crippen LogP contribution is 2.27. The Bertz CT molecular complexity index is 292. The lowest BCUT2D eigenvalue weighted by atomic mass is 9.89. The van der Waals surface area contributed by atoms with Gasteiger partial charge in [0.25, 0.3) is 0 Å². The van der Waals surface area contributed by atoms with Crippen LogP contribution in [-0.2, 0) is 7.05 Å². The first-order valence-corrected chi connectivity index (χ1v) is 5.52. The molecule has 0 aliphatic carbocycles. The van der Waals surface area contributed by atoms with Crippen LogP contribution in [0.25, 0.3) is 0 Å². The molecule has 2 heterocycles. The van der Waals surface area contributed by atoms with Gasteiger partial charge in [0, 0.05) is 13.2 Å². The standard InChI is InChI=1S/C11H19N3/c1-3-9-4-6-12-11(8-9)10-5-7-14(2)13-10/h5,7,9,11-12H,3-4,6,8H2,1-2H3. The highest BCUT2D eigenvalue weighted by Gasteiger charge is 2.22. The van der Waals surface area contributed by atoms with Crippen LogP contribution in [0.2, 0.25) is 0 Å². The number of aryl methyl sites for hydroxylation is 1. The minimum Gasteiger partial charge on any atom is -0.309 e. The van der Waals surface area contributed by atoms with Crippen LogP contribution in [0.15, 0.2) is 12.3 Å². The van der Waals surface area contributed by atoms with Crippen LogP contribution in [0.5, 0.6) is 0 Å². The maximum atomic E-state index is 4.46. The molecule has 2 rings (SSSR count). The summed E-state index contributed by atoms with van der Waals surface area (Å²) in [5, 5.41) is 7.99. The monoisotopic (exact) mass is 193 g/mol. The fourth-order valence-electron chi connectivity index (χ4n) is 2.21. The molecule has 1 aromatic rings. The van der Waals surface area contributed by atoms with Crippen LogP contribution in [-0.4, -0.2) is 16.3 Å². The molecule has 0 bridgehead atoms. The van der Waals surface area contributed by atoms with Crippen molar-refractivity contribution in [3.8, 4) is 0 Å². The third kappa shape index (κ3) is 1.98. The summed E-state index contributed by atoms with van der Waals surface area (Å²) in [4.78, 5) is 0. The van der Waals surface area contributed by atoms with E-state index in [0.717, 1.165) is 12.5 Å². The van der Waals surface area contributed by atoms with Crippen LogP contribution < -0.4 is 5.32 Å². The molecule has 0 spiro atoms. The molecule has 2 atom stereocenters. The number of hydrogen-bond acceptors (Lipinski definition) is 2. The van der Waals surface area contributed by atoms with Gasteiger partial charge in [0.1, 0.15) is 0 Å². The number of aromatic nitrogens is 2. The zero-order chi connectivity index (χ0) is 9.97. The molecule has 0 amide bonds. The summed E-state index contributed by atoms with van der Waals surface area (Å²) in [5.74, 6) is 0.878. The van der Waals surface area contributed by atoms with Crippen LogP contribution in [0.3, 0.4) is 0 Å². The zero-order valence-electron chi connectivity index (χ0n) is 9.03. The second-order valence-electron chi connectivity index (χ2n) is 4.22. The average molecular weight is 193 g/mol. The smallest absolute Gasteiger partial charge is 0.0793 e. The van der Waals surface area contributed by atoms with E-state index in [0.29, 0.717) is 6.04 Å². The van der Waals surface area contributed by atoms with Crippen molar-refractivity contribution in [1.29, 1.82) is 0 Å². The third-order valence-electron chi connectivity index (χ3n) is 3.18. The van der Waals surface area contributed by atoms with E-state index in [1.807, 2.05) is 17.9 Å². The Morgan fingerprint density at radius 2 is 2.50 bits per heavy atom. The number of rotatable bonds is 2. The Morgan fingerprint density at radius 1 is 1.64 bits per heavy atom. The van der Waals surface area contributed by atoms with Crippen molar-refractivity contribution in [2.45, 2.75) is 32.2 Å². The molecule has 78 valence electrons. The average Bonchev–Trinajstić information content (AvgIpc) is 2.65. The summed E-state index contributed by atoms with van der Waals surface area (Å²) in [7, 11) is 1.98. The summed E-state index contributed by atoms with van der Waals surface area (Å²) in [6.45, 7) is 3.42. The molecule has 3 nitrogen and oxygen atoms in total. The largest absolute Gasteiger partial charge is 0.309 e. The van der Waals surface area contributed by atoms with Crippen molar-refractivity contribution in [2.75, 3.05) is 6.54 Å². The quantitative estimate of drug-likeness (QED) is 0.777. The van der Waals surface area contributed by atoms with E-state index in [9.17, 15) is 0 Å². The predicted octanol–water partition coefficient (Wildman–Crippen LogP) is 1.87. The summed E-state index contributed by atoms with van der Waals surface area (Å²) in [5.41, 5.74) is 1.20. The lowest BCUT2D eigenvalue weighted by Gasteiger charge is -2.28. The van der Waals surface area contributed by atoms with Gasteiger partial charge in [0.05, 0.1) is 11.7 Å². The Kier molecular flexibility index (Phi) is 2.87. The molecule has 14 heavy (non-hydrogen) atoms. The molecule has 0 aromatic carbocycles. The molecule has 1 saturated heterocycles. The van der Waals surface area contributed by atoms with Crippen molar-refractivity contribution < 1.29 is 0 Å². The molecule has 0 radical (unpaired) electrons. The van der Waals surface area contributed by atoms with E-state index in [-0.39, 0.29) is 0 Å². The van der Waals surface area contributed by atoms with E-state index in [4.69, 9.17) is 0 Å². The maximum absolute atomic E-state index is 4.46. The molecule has 2 unspecified atom stereocenters. The first-order valence-electron chi connectivity index (χ1n) is 5.52. The SMILES string of the molecule is CCC1CCNC(c2ccn(C)n2)C1. The van der Waals surface area contributed by atoms with Crippen molar-refractivity contribution >= 4 is 0 Å². The zero-order valence-corrected chi connectivity index (χ0v) is 9.03. The van der Waals surface area contributed by atoms with E-state index in [1.54, 1.807) is 0 Å². The second kappa shape index (κ2) is 4.13. The van der Waals surface area contributed by atoms with Gasteiger partial charge in [-0.15, -0.1) is 0 Å². The van der Waals surface area contributed by atoms with Crippen molar-refractivity contribution in [1.82, 2.24) is 15.1 Å². The summed E-state index contributed by atoms with van der Waals surface area (Å²) in [6, 6.07) is 2.60. The first-order chi connectivity index (χ1) is 6.79. The number of nitrogens with zero attached hydrogens (tertiary/aromatic N) is 2. The topological polar surface area (TPSA) is 29.9 Å². The number of nitrogens with one attached hydrogen (secondary N) is 1. The van der Waals surface area contributed by atoms with Gasteiger partial charge in [-0.05, 0) is 31.4 Å². The van der Waals surface area contributed by atoms with Crippen LogP contribution in [0.4, 0.5) is 0 Å². The Balaban J connectivity index is 2.04. The fraction of sp³-hybridized carbons (Fsp3) is 0.727.